The number of carbonyl (C=O) groups is 2. The molecule has 0 radical (unpaired) electrons. The lowest BCUT2D eigenvalue weighted by Gasteiger charge is -1.93. The van der Waals surface area contributed by atoms with E-state index in [0.717, 1.165) is 0 Å². The molecular formula is C5H4Cl2F6O4. The van der Waals surface area contributed by atoms with Crippen LogP contribution in [-0.2, 0) is 9.59 Å². The Morgan fingerprint density at radius 1 is 0.824 bits per heavy atom. The maximum Gasteiger partial charge on any atom is 0.490 e. The van der Waals surface area contributed by atoms with Crippen LogP contribution in [0.5, 0.6) is 0 Å². The number of halogens is 8. The topological polar surface area (TPSA) is 74.6 Å². The second-order valence-electron chi connectivity index (χ2n) is 1.71. The van der Waals surface area contributed by atoms with E-state index in [0.29, 0.717) is 0 Å². The maximum atomic E-state index is 10.6. The molecule has 0 fully saturated rings. The lowest BCUT2D eigenvalue weighted by molar-refractivity contribution is -0.193. The van der Waals surface area contributed by atoms with Crippen molar-refractivity contribution in [3.05, 3.63) is 0 Å². The molecule has 0 spiro atoms. The molecule has 0 aliphatic heterocycles. The number of rotatable bonds is 0. The Labute approximate surface area is 99.7 Å². The molecule has 0 aromatic rings. The van der Waals surface area contributed by atoms with Crippen LogP contribution in [0, 0.1) is 0 Å². The van der Waals surface area contributed by atoms with Gasteiger partial charge in [0.2, 0.25) is 0 Å². The molecule has 17 heavy (non-hydrogen) atoms. The molecule has 2 N–H and O–H groups in total. The molecule has 0 saturated carbocycles. The Balaban J connectivity index is -0.000000188. The minimum atomic E-state index is -5.08. The van der Waals surface area contributed by atoms with Crippen LogP contribution in [0.4, 0.5) is 26.3 Å². The van der Waals surface area contributed by atoms with Gasteiger partial charge in [-0.05, 0) is 0 Å². The molecule has 0 aliphatic rings. The molecule has 0 aliphatic carbocycles. The molecule has 0 bridgehead atoms. The summed E-state index contributed by atoms with van der Waals surface area (Å²) in [4.78, 5) is 17.8. The summed E-state index contributed by atoms with van der Waals surface area (Å²) >= 11 is 9.53. The summed E-state index contributed by atoms with van der Waals surface area (Å²) < 4.78 is 63.5. The van der Waals surface area contributed by atoms with Crippen LogP contribution >= 0.6 is 23.2 Å². The van der Waals surface area contributed by atoms with Crippen LogP contribution in [0.3, 0.4) is 0 Å². The zero-order valence-electron chi connectivity index (χ0n) is 7.44. The standard InChI is InChI=1S/2C2HF3O2.CH2Cl2/c2*3-2(4,5)1(6)7;2-1-3/h2*(H,6,7);1H2. The zero-order valence-corrected chi connectivity index (χ0v) is 8.95. The van der Waals surface area contributed by atoms with Crippen molar-refractivity contribution in [1.29, 1.82) is 0 Å². The van der Waals surface area contributed by atoms with Crippen molar-refractivity contribution in [2.45, 2.75) is 12.4 Å². The van der Waals surface area contributed by atoms with Crippen molar-refractivity contribution < 1.29 is 46.1 Å². The summed E-state index contributed by atoms with van der Waals surface area (Å²) in [5.74, 6) is -5.51. The van der Waals surface area contributed by atoms with E-state index >= 15 is 0 Å². The molecule has 0 aromatic carbocycles. The van der Waals surface area contributed by atoms with E-state index in [1.54, 1.807) is 0 Å². The molecule has 0 aromatic heterocycles. The van der Waals surface area contributed by atoms with E-state index in [1.165, 1.54) is 0 Å². The highest BCUT2D eigenvalue weighted by atomic mass is 35.5. The predicted octanol–water partition coefficient (Wildman–Crippen LogP) is 2.69. The molecule has 0 heterocycles. The van der Waals surface area contributed by atoms with Gasteiger partial charge in [-0.1, -0.05) is 0 Å². The van der Waals surface area contributed by atoms with Crippen molar-refractivity contribution in [2.24, 2.45) is 0 Å². The number of hydrogen-bond acceptors (Lipinski definition) is 2. The lowest BCUT2D eigenvalue weighted by Crippen LogP contribution is -2.21. The highest BCUT2D eigenvalue weighted by molar-refractivity contribution is 6.40. The highest BCUT2D eigenvalue weighted by Crippen LogP contribution is 2.13. The summed E-state index contributed by atoms with van der Waals surface area (Å²) in [7, 11) is 0. The number of hydrogen-bond donors (Lipinski definition) is 2. The lowest BCUT2D eigenvalue weighted by atomic mass is 10.7. The number of carboxylic acids is 2. The average Bonchev–Trinajstić information content (AvgIpc) is 2.02. The molecule has 0 saturated heterocycles. The van der Waals surface area contributed by atoms with Crippen molar-refractivity contribution in [3.63, 3.8) is 0 Å². The van der Waals surface area contributed by atoms with Gasteiger partial charge in [-0.2, -0.15) is 26.3 Å². The smallest absolute Gasteiger partial charge is 0.475 e. The van der Waals surface area contributed by atoms with Crippen molar-refractivity contribution >= 4 is 35.1 Å². The summed E-state index contributed by atoms with van der Waals surface area (Å²) in [5.41, 5.74) is 0. The first-order valence-corrected chi connectivity index (χ1v) is 4.09. The van der Waals surface area contributed by atoms with E-state index in [9.17, 15) is 26.3 Å². The summed E-state index contributed by atoms with van der Waals surface area (Å²) in [6.45, 7) is 0. The van der Waals surface area contributed by atoms with Gasteiger partial charge in [0.15, 0.2) is 0 Å². The Kier molecular flexibility index (Phi) is 11.5. The van der Waals surface area contributed by atoms with Crippen molar-refractivity contribution in [3.8, 4) is 0 Å². The fourth-order valence-corrected chi connectivity index (χ4v) is 0. The molecular weight excluding hydrogens is 309 g/mol. The molecule has 0 rings (SSSR count). The first-order valence-electron chi connectivity index (χ1n) is 3.02. The molecule has 0 atom stereocenters. The van der Waals surface area contributed by atoms with Crippen LogP contribution < -0.4 is 0 Å². The summed E-state index contributed by atoms with van der Waals surface area (Å²) in [6.07, 6.45) is -10.2. The van der Waals surface area contributed by atoms with Crippen LogP contribution in [0.2, 0.25) is 0 Å². The van der Waals surface area contributed by atoms with E-state index in [4.69, 9.17) is 43.0 Å². The molecule has 0 amide bonds. The molecule has 0 unspecified atom stereocenters. The van der Waals surface area contributed by atoms with Gasteiger partial charge in [-0.25, -0.2) is 9.59 Å². The van der Waals surface area contributed by atoms with Gasteiger partial charge < -0.3 is 10.2 Å². The van der Waals surface area contributed by atoms with Gasteiger partial charge in [-0.15, -0.1) is 23.2 Å². The van der Waals surface area contributed by atoms with E-state index in [-0.39, 0.29) is 5.34 Å². The second-order valence-corrected chi connectivity index (χ2v) is 2.51. The number of alkyl halides is 8. The highest BCUT2D eigenvalue weighted by Gasteiger charge is 2.38. The minimum Gasteiger partial charge on any atom is -0.475 e. The first-order chi connectivity index (χ1) is 7.30. The Morgan fingerprint density at radius 3 is 0.882 bits per heavy atom. The zero-order chi connectivity index (χ0) is 14.9. The van der Waals surface area contributed by atoms with Gasteiger partial charge in [0, 0.05) is 0 Å². The van der Waals surface area contributed by atoms with E-state index in [1.807, 2.05) is 0 Å². The summed E-state index contributed by atoms with van der Waals surface area (Å²) in [6, 6.07) is 0. The van der Waals surface area contributed by atoms with Gasteiger partial charge in [-0.3, -0.25) is 0 Å². The Bertz CT molecular complexity index is 214. The maximum absolute atomic E-state index is 10.6. The minimum absolute atomic E-state index is 0.194. The quantitative estimate of drug-likeness (QED) is 0.533. The number of aliphatic carboxylic acids is 2. The third-order valence-corrected chi connectivity index (χ3v) is 0.485. The van der Waals surface area contributed by atoms with Crippen LogP contribution in [0.1, 0.15) is 0 Å². The van der Waals surface area contributed by atoms with E-state index < -0.39 is 24.3 Å². The van der Waals surface area contributed by atoms with E-state index in [2.05, 4.69) is 0 Å². The third-order valence-electron chi connectivity index (χ3n) is 0.485. The van der Waals surface area contributed by atoms with Gasteiger partial charge in [0.1, 0.15) is 0 Å². The van der Waals surface area contributed by atoms with Crippen LogP contribution in [0.15, 0.2) is 0 Å². The normalized spacial score (nSPS) is 10.4. The largest absolute Gasteiger partial charge is 0.490 e. The first kappa shape index (κ1) is 21.4. The van der Waals surface area contributed by atoms with Crippen LogP contribution in [-0.4, -0.2) is 39.8 Å². The average molecular weight is 313 g/mol. The SMILES string of the molecule is ClCCl.O=C(O)C(F)(F)F.O=C(O)C(F)(F)F. The van der Waals surface area contributed by atoms with Crippen molar-refractivity contribution in [1.82, 2.24) is 0 Å². The van der Waals surface area contributed by atoms with Gasteiger partial charge in [0.25, 0.3) is 0 Å². The second kappa shape index (κ2) is 9.16. The molecule has 4 nitrogen and oxygen atoms in total. The fourth-order valence-electron chi connectivity index (χ4n) is 0. The van der Waals surface area contributed by atoms with Gasteiger partial charge in [0.05, 0.1) is 5.34 Å². The third kappa shape index (κ3) is 21.0. The Hall–Kier alpha value is -0.900. The van der Waals surface area contributed by atoms with Crippen LogP contribution in [0.25, 0.3) is 0 Å². The number of carboxylic acid groups (broad SMARTS) is 2. The Morgan fingerprint density at radius 2 is 0.882 bits per heavy atom. The fraction of sp³-hybridized carbons (Fsp3) is 0.600. The summed E-state index contributed by atoms with van der Waals surface area (Å²) in [5, 5.41) is 14.4. The van der Waals surface area contributed by atoms with Crippen molar-refractivity contribution in [2.75, 3.05) is 5.34 Å². The monoisotopic (exact) mass is 312 g/mol. The predicted molar refractivity (Wildman–Crippen MR) is 44.0 cm³/mol. The van der Waals surface area contributed by atoms with Gasteiger partial charge >= 0.3 is 24.3 Å². The molecule has 104 valence electrons. The molecule has 12 heteroatoms.